The molecule has 6 rings (SSSR count). The molecule has 0 radical (unpaired) electrons. The molecule has 5 aromatic rings. The fraction of sp³-hybridized carbons (Fsp3) is 0.0435. The number of benzene rings is 3. The highest BCUT2D eigenvalue weighted by Crippen LogP contribution is 2.46. The molecule has 0 saturated carbocycles. The summed E-state index contributed by atoms with van der Waals surface area (Å²) in [5.41, 5.74) is 5.65. The molecule has 0 spiro atoms. The normalized spacial score (nSPS) is 12.2. The molecule has 4 nitrogen and oxygen atoms in total. The molecule has 0 fully saturated rings. The van der Waals surface area contributed by atoms with Gasteiger partial charge in [0.2, 0.25) is 11.2 Å². The van der Waals surface area contributed by atoms with E-state index in [1.54, 1.807) is 12.4 Å². The van der Waals surface area contributed by atoms with Gasteiger partial charge in [0.1, 0.15) is 18.5 Å². The van der Waals surface area contributed by atoms with Crippen LogP contribution in [0.15, 0.2) is 73.1 Å². The van der Waals surface area contributed by atoms with Gasteiger partial charge in [0.25, 0.3) is 0 Å². The van der Waals surface area contributed by atoms with Crippen LogP contribution in [0.5, 0.6) is 11.5 Å². The van der Waals surface area contributed by atoms with Crippen LogP contribution >= 0.6 is 0 Å². The Labute approximate surface area is 155 Å². The summed E-state index contributed by atoms with van der Waals surface area (Å²) in [4.78, 5) is 0. The van der Waals surface area contributed by atoms with Gasteiger partial charge in [0, 0.05) is 17.6 Å². The van der Waals surface area contributed by atoms with Crippen molar-refractivity contribution in [2.45, 2.75) is 0 Å². The van der Waals surface area contributed by atoms with Gasteiger partial charge < -0.3 is 14.9 Å². The number of ether oxygens (including phenoxy) is 1. The molecule has 0 amide bonds. The second kappa shape index (κ2) is 5.17. The number of hydrogen-bond acceptors (Lipinski definition) is 2. The van der Waals surface area contributed by atoms with Crippen molar-refractivity contribution >= 4 is 21.7 Å². The molecule has 0 bridgehead atoms. The summed E-state index contributed by atoms with van der Waals surface area (Å²) in [6.45, 7) is 0. The third kappa shape index (κ3) is 1.92. The standard InChI is InChI=1S/C23H15N3O/c1-26-19-10-9-14(15-12-24-25-13-15)11-18(19)16-6-4-8-21-22(16)23(26)17-5-2-3-7-20(17)27-21/h2-13H,1H3. The molecule has 0 atom stereocenters. The molecule has 27 heavy (non-hydrogen) atoms. The van der Waals surface area contributed by atoms with Crippen LogP contribution in [0.3, 0.4) is 0 Å². The van der Waals surface area contributed by atoms with Gasteiger partial charge in [-0.25, -0.2) is 0 Å². The Morgan fingerprint density at radius 2 is 1.78 bits per heavy atom. The second-order valence-corrected chi connectivity index (χ2v) is 6.86. The van der Waals surface area contributed by atoms with E-state index in [0.29, 0.717) is 0 Å². The summed E-state index contributed by atoms with van der Waals surface area (Å²) in [5.74, 6) is 1.80. The highest BCUT2D eigenvalue weighted by molar-refractivity contribution is 6.13. The minimum Gasteiger partial charge on any atom is -0.581 e. The predicted octanol–water partition coefficient (Wildman–Crippen LogP) is 4.61. The zero-order valence-corrected chi connectivity index (χ0v) is 14.7. The van der Waals surface area contributed by atoms with Gasteiger partial charge in [-0.3, -0.25) is 0 Å². The third-order valence-corrected chi connectivity index (χ3v) is 5.40. The van der Waals surface area contributed by atoms with E-state index in [9.17, 15) is 0 Å². The van der Waals surface area contributed by atoms with E-state index in [0.717, 1.165) is 33.6 Å². The third-order valence-electron chi connectivity index (χ3n) is 5.40. The molecule has 4 heteroatoms. The fourth-order valence-corrected chi connectivity index (χ4v) is 4.16. The summed E-state index contributed by atoms with van der Waals surface area (Å²) in [5, 5.41) is 11.5. The lowest BCUT2D eigenvalue weighted by molar-refractivity contribution is -0.632. The summed E-state index contributed by atoms with van der Waals surface area (Å²) in [6, 6.07) is 21.0. The largest absolute Gasteiger partial charge is 0.581 e. The van der Waals surface area contributed by atoms with Crippen molar-refractivity contribution in [2.75, 3.05) is 0 Å². The Kier molecular flexibility index (Phi) is 2.78. The highest BCUT2D eigenvalue weighted by atomic mass is 16.5. The Hall–Kier alpha value is -3.66. The lowest BCUT2D eigenvalue weighted by atomic mass is 9.95. The molecule has 0 aliphatic carbocycles. The first-order chi connectivity index (χ1) is 13.3. The number of aromatic nitrogens is 3. The van der Waals surface area contributed by atoms with Crippen LogP contribution in [0.4, 0.5) is 0 Å². The zero-order valence-electron chi connectivity index (χ0n) is 14.7. The molecule has 3 aromatic carbocycles. The number of fused-ring (bicyclic) bond motifs is 4. The van der Waals surface area contributed by atoms with Crippen molar-refractivity contribution in [3.63, 3.8) is 0 Å². The van der Waals surface area contributed by atoms with Crippen LogP contribution in [-0.4, -0.2) is 5.10 Å². The second-order valence-electron chi connectivity index (χ2n) is 6.86. The fourth-order valence-electron chi connectivity index (χ4n) is 4.16. The van der Waals surface area contributed by atoms with Gasteiger partial charge in [-0.1, -0.05) is 24.3 Å². The molecular formula is C23H15N3O. The van der Waals surface area contributed by atoms with Crippen LogP contribution in [0.2, 0.25) is 0 Å². The minimum absolute atomic E-state index is 0.901. The molecule has 0 saturated heterocycles. The summed E-state index contributed by atoms with van der Waals surface area (Å²) >= 11 is 0. The number of rotatable bonds is 1. The van der Waals surface area contributed by atoms with E-state index >= 15 is 0 Å². The van der Waals surface area contributed by atoms with Crippen LogP contribution in [0.1, 0.15) is 0 Å². The minimum atomic E-state index is 0.901. The quantitative estimate of drug-likeness (QED) is 0.321. The van der Waals surface area contributed by atoms with E-state index in [2.05, 4.69) is 64.3 Å². The first-order valence-corrected chi connectivity index (χ1v) is 8.91. The maximum atomic E-state index is 6.22. The van der Waals surface area contributed by atoms with Crippen LogP contribution < -0.4 is 14.4 Å². The Balaban J connectivity index is 1.79. The van der Waals surface area contributed by atoms with Crippen molar-refractivity contribution < 1.29 is 9.30 Å². The Morgan fingerprint density at radius 1 is 0.889 bits per heavy atom. The summed E-state index contributed by atoms with van der Waals surface area (Å²) in [7, 11) is 2.13. The van der Waals surface area contributed by atoms with E-state index in [1.165, 1.54) is 22.0 Å². The number of aryl methyl sites for hydroxylation is 1. The van der Waals surface area contributed by atoms with Crippen LogP contribution in [0.25, 0.3) is 44.1 Å². The molecule has 3 heterocycles. The van der Waals surface area contributed by atoms with Crippen molar-refractivity contribution in [3.8, 4) is 33.9 Å². The molecular weight excluding hydrogens is 334 g/mol. The number of para-hydroxylation sites is 1. The Morgan fingerprint density at radius 3 is 2.67 bits per heavy atom. The van der Waals surface area contributed by atoms with Gasteiger partial charge in [0.05, 0.1) is 16.3 Å². The summed E-state index contributed by atoms with van der Waals surface area (Å²) < 4.78 is 8.49. The average Bonchev–Trinajstić information content (AvgIpc) is 3.25. The molecule has 2 aromatic heterocycles. The maximum Gasteiger partial charge on any atom is 0.228 e. The van der Waals surface area contributed by atoms with Crippen molar-refractivity contribution in [3.05, 3.63) is 73.1 Å². The molecule has 128 valence electrons. The van der Waals surface area contributed by atoms with E-state index in [1.807, 2.05) is 18.2 Å². The van der Waals surface area contributed by atoms with Crippen LogP contribution in [0, 0.1) is 0 Å². The predicted molar refractivity (Wildman–Crippen MR) is 105 cm³/mol. The number of nitrogens with zero attached hydrogens (tertiary/aromatic N) is 3. The molecule has 0 N–H and O–H groups in total. The molecule has 1 aliphatic heterocycles. The average molecular weight is 349 g/mol. The van der Waals surface area contributed by atoms with Gasteiger partial charge in [0.15, 0.2) is 0 Å². The summed E-state index contributed by atoms with van der Waals surface area (Å²) in [6.07, 6.45) is 3.59. The van der Waals surface area contributed by atoms with E-state index in [4.69, 9.17) is 4.74 Å². The van der Waals surface area contributed by atoms with E-state index in [-0.39, 0.29) is 0 Å². The van der Waals surface area contributed by atoms with Gasteiger partial charge in [-0.15, -0.1) is 0 Å². The van der Waals surface area contributed by atoms with Gasteiger partial charge in [-0.2, -0.15) is 10.8 Å². The molecule has 1 aliphatic rings. The van der Waals surface area contributed by atoms with Gasteiger partial charge in [-0.05, 0) is 41.5 Å². The number of hydrogen-bond donors (Lipinski definition) is 0. The SMILES string of the molecule is C[n+]1c2c3c(cccc3c3cc(-c4cn[n-]c4)ccc31)Oc1ccccc1-2. The monoisotopic (exact) mass is 349 g/mol. The van der Waals surface area contributed by atoms with E-state index < -0.39 is 0 Å². The Bertz CT molecular complexity index is 1350. The van der Waals surface area contributed by atoms with Gasteiger partial charge >= 0.3 is 0 Å². The lowest BCUT2D eigenvalue weighted by Gasteiger charge is -2.20. The van der Waals surface area contributed by atoms with Crippen molar-refractivity contribution in [2.24, 2.45) is 7.05 Å². The van der Waals surface area contributed by atoms with Crippen molar-refractivity contribution in [1.82, 2.24) is 10.2 Å². The lowest BCUT2D eigenvalue weighted by Crippen LogP contribution is -2.33. The number of pyridine rings is 1. The highest BCUT2D eigenvalue weighted by Gasteiger charge is 2.29. The van der Waals surface area contributed by atoms with Crippen molar-refractivity contribution in [1.29, 1.82) is 0 Å². The zero-order chi connectivity index (χ0) is 18.0. The molecule has 0 unspecified atom stereocenters. The first-order valence-electron chi connectivity index (χ1n) is 8.91. The smallest absolute Gasteiger partial charge is 0.228 e. The first kappa shape index (κ1) is 14.5. The maximum absolute atomic E-state index is 6.22. The van der Waals surface area contributed by atoms with Crippen LogP contribution in [-0.2, 0) is 7.05 Å². The topological polar surface area (TPSA) is 40.1 Å².